The van der Waals surface area contributed by atoms with Gasteiger partial charge >= 0.3 is 12.4 Å². The van der Waals surface area contributed by atoms with E-state index in [9.17, 15) is 40.7 Å². The first kappa shape index (κ1) is 28.6. The van der Waals surface area contributed by atoms with E-state index < -0.39 is 53.5 Å². The number of benzene rings is 2. The summed E-state index contributed by atoms with van der Waals surface area (Å²) in [6, 6.07) is 9.42. The molecule has 216 valence electrons. The molecule has 2 aromatic carbocycles. The van der Waals surface area contributed by atoms with E-state index in [-0.39, 0.29) is 30.5 Å². The number of carbonyl (C=O) groups excluding carboxylic acids is 1. The maximum absolute atomic E-state index is 13.8. The molecule has 41 heavy (non-hydrogen) atoms. The van der Waals surface area contributed by atoms with Gasteiger partial charge in [0.25, 0.3) is 0 Å². The second-order valence-electron chi connectivity index (χ2n) is 10.1. The summed E-state index contributed by atoms with van der Waals surface area (Å²) in [6.07, 6.45) is -7.82. The molecule has 5 nitrogen and oxygen atoms in total. The molecule has 1 aromatic heterocycles. The van der Waals surface area contributed by atoms with Crippen molar-refractivity contribution < 1.29 is 45.0 Å². The highest BCUT2D eigenvalue weighted by molar-refractivity contribution is 5.97. The fourth-order valence-electron chi connectivity index (χ4n) is 5.54. The average Bonchev–Trinajstić information content (AvgIpc) is 3.26. The monoisotopic (exact) mass is 580 g/mol. The first-order valence-electron chi connectivity index (χ1n) is 12.6. The highest BCUT2D eigenvalue weighted by atomic mass is 19.4. The molecule has 2 aliphatic heterocycles. The van der Waals surface area contributed by atoms with Crippen molar-refractivity contribution in [2.24, 2.45) is 0 Å². The minimum atomic E-state index is -5.02. The summed E-state index contributed by atoms with van der Waals surface area (Å²) in [5, 5.41) is 11.8. The number of alkyl halides is 6. The highest BCUT2D eigenvalue weighted by Gasteiger charge is 2.48. The molecule has 5 rings (SSSR count). The van der Waals surface area contributed by atoms with E-state index in [2.05, 4.69) is 0 Å². The van der Waals surface area contributed by atoms with Crippen LogP contribution in [0.15, 0.2) is 73.1 Å². The third-order valence-corrected chi connectivity index (χ3v) is 7.46. The molecule has 0 saturated carbocycles. The van der Waals surface area contributed by atoms with Crippen LogP contribution in [0.3, 0.4) is 0 Å². The van der Waals surface area contributed by atoms with Crippen LogP contribution in [0.5, 0.6) is 0 Å². The van der Waals surface area contributed by atoms with Crippen LogP contribution in [0.2, 0.25) is 0 Å². The van der Waals surface area contributed by atoms with E-state index in [4.69, 9.17) is 4.74 Å². The SMILES string of the molecule is C[C@@H](O[C@H]1CN2C(=O)C=C(c3ccc[n+]([O-])c3)C[C@H]2[C@@H]1c1ccc(F)cc1)c1cc(C(F)(F)F)cc(C(F)(F)F)c1. The Hall–Kier alpha value is -3.93. The zero-order valence-electron chi connectivity index (χ0n) is 21.4. The van der Waals surface area contributed by atoms with Crippen LogP contribution in [0.25, 0.3) is 5.57 Å². The Balaban J connectivity index is 1.50. The summed E-state index contributed by atoms with van der Waals surface area (Å²) in [6.45, 7) is 1.35. The summed E-state index contributed by atoms with van der Waals surface area (Å²) >= 11 is 0. The number of ether oxygens (including phenoxy) is 1. The Morgan fingerprint density at radius 2 is 1.63 bits per heavy atom. The minimum Gasteiger partial charge on any atom is -0.619 e. The topological polar surface area (TPSA) is 56.5 Å². The molecule has 0 radical (unpaired) electrons. The first-order valence-corrected chi connectivity index (χ1v) is 12.6. The van der Waals surface area contributed by atoms with E-state index >= 15 is 0 Å². The summed E-state index contributed by atoms with van der Waals surface area (Å²) < 4.78 is 101. The van der Waals surface area contributed by atoms with Crippen molar-refractivity contribution in [2.45, 2.75) is 49.9 Å². The van der Waals surface area contributed by atoms with Crippen molar-refractivity contribution in [3.63, 3.8) is 0 Å². The molecule has 1 saturated heterocycles. The summed E-state index contributed by atoms with van der Waals surface area (Å²) in [4.78, 5) is 14.7. The lowest BCUT2D eigenvalue weighted by Crippen LogP contribution is -2.39. The molecular formula is C29H23F7N2O3. The van der Waals surface area contributed by atoms with Gasteiger partial charge in [-0.2, -0.15) is 31.1 Å². The van der Waals surface area contributed by atoms with Gasteiger partial charge < -0.3 is 14.8 Å². The van der Waals surface area contributed by atoms with Gasteiger partial charge in [0.05, 0.1) is 23.3 Å². The number of hydrogen-bond acceptors (Lipinski definition) is 3. The van der Waals surface area contributed by atoms with Gasteiger partial charge in [-0.15, -0.1) is 0 Å². The number of pyridine rings is 1. The maximum Gasteiger partial charge on any atom is 0.416 e. The second-order valence-corrected chi connectivity index (χ2v) is 10.1. The van der Waals surface area contributed by atoms with Crippen LogP contribution in [0.1, 0.15) is 53.2 Å². The summed E-state index contributed by atoms with van der Waals surface area (Å²) in [5.41, 5.74) is -1.57. The van der Waals surface area contributed by atoms with Gasteiger partial charge in [-0.25, -0.2) is 4.39 Å². The molecule has 0 bridgehead atoms. The minimum absolute atomic E-state index is 0.00109. The van der Waals surface area contributed by atoms with Gasteiger partial charge in [-0.3, -0.25) is 4.79 Å². The first-order chi connectivity index (χ1) is 19.2. The van der Waals surface area contributed by atoms with Crippen LogP contribution in [0.4, 0.5) is 30.7 Å². The number of fused-ring (bicyclic) bond motifs is 1. The van der Waals surface area contributed by atoms with Crippen molar-refractivity contribution in [3.8, 4) is 0 Å². The molecule has 2 aliphatic rings. The van der Waals surface area contributed by atoms with E-state index in [1.54, 1.807) is 6.07 Å². The van der Waals surface area contributed by atoms with E-state index in [0.717, 1.165) is 0 Å². The Kier molecular flexibility index (Phi) is 7.31. The van der Waals surface area contributed by atoms with Gasteiger partial charge in [0, 0.05) is 36.2 Å². The van der Waals surface area contributed by atoms with Gasteiger partial charge in [0.2, 0.25) is 5.91 Å². The highest BCUT2D eigenvalue weighted by Crippen LogP contribution is 2.45. The Labute approximate surface area is 230 Å². The Morgan fingerprint density at radius 1 is 1.00 bits per heavy atom. The van der Waals surface area contributed by atoms with Crippen LogP contribution in [-0.4, -0.2) is 29.5 Å². The fraction of sp³-hybridized carbons (Fsp3) is 0.310. The van der Waals surface area contributed by atoms with Crippen molar-refractivity contribution in [2.75, 3.05) is 6.54 Å². The predicted molar refractivity (Wildman–Crippen MR) is 132 cm³/mol. The number of amides is 1. The Morgan fingerprint density at radius 3 is 2.22 bits per heavy atom. The number of aromatic nitrogens is 1. The van der Waals surface area contributed by atoms with Crippen LogP contribution in [0, 0.1) is 11.0 Å². The number of halogens is 7. The number of carbonyl (C=O) groups is 1. The van der Waals surface area contributed by atoms with E-state index in [0.29, 0.717) is 33.6 Å². The quantitative estimate of drug-likeness (QED) is 0.199. The molecule has 0 aliphatic carbocycles. The normalized spacial score (nSPS) is 22.0. The van der Waals surface area contributed by atoms with Gasteiger partial charge in [0.1, 0.15) is 5.82 Å². The second kappa shape index (κ2) is 10.5. The standard InChI is InChI=1S/C29H23F7N2O3/c1-16(19-9-21(28(31,32)33)13-22(10-19)29(34,35)36)41-25-15-38-24(27(25)17-4-6-23(30)7-5-17)11-20(12-26(38)39)18-3-2-8-37(40)14-18/h2-10,12-14,16,24-25,27H,11,15H2,1H3/t16-,24+,25+,27+/m1/s1. The zero-order valence-corrected chi connectivity index (χ0v) is 21.4. The summed E-state index contributed by atoms with van der Waals surface area (Å²) in [5.74, 6) is -1.49. The van der Waals surface area contributed by atoms with Gasteiger partial charge in [-0.1, -0.05) is 12.1 Å². The zero-order chi connectivity index (χ0) is 29.7. The van der Waals surface area contributed by atoms with Crippen molar-refractivity contribution >= 4 is 11.5 Å². The van der Waals surface area contributed by atoms with E-state index in [1.807, 2.05) is 0 Å². The number of hydrogen-bond donors (Lipinski definition) is 0. The molecule has 4 atom stereocenters. The smallest absolute Gasteiger partial charge is 0.416 e. The molecule has 0 N–H and O–H groups in total. The van der Waals surface area contributed by atoms with Crippen molar-refractivity contribution in [1.82, 2.24) is 4.90 Å². The lowest BCUT2D eigenvalue weighted by molar-refractivity contribution is -0.605. The lowest BCUT2D eigenvalue weighted by atomic mass is 9.84. The van der Waals surface area contributed by atoms with Crippen LogP contribution in [-0.2, 0) is 21.9 Å². The van der Waals surface area contributed by atoms with Crippen molar-refractivity contribution in [1.29, 1.82) is 0 Å². The molecule has 12 heteroatoms. The summed E-state index contributed by atoms with van der Waals surface area (Å²) in [7, 11) is 0. The van der Waals surface area contributed by atoms with E-state index in [1.165, 1.54) is 60.6 Å². The van der Waals surface area contributed by atoms with Crippen LogP contribution < -0.4 is 4.73 Å². The molecular weight excluding hydrogens is 557 g/mol. The van der Waals surface area contributed by atoms with Crippen LogP contribution >= 0.6 is 0 Å². The van der Waals surface area contributed by atoms with Crippen molar-refractivity contribution in [3.05, 3.63) is 112 Å². The molecule has 3 heterocycles. The molecule has 1 fully saturated rings. The van der Waals surface area contributed by atoms with Gasteiger partial charge in [0.15, 0.2) is 12.4 Å². The molecule has 0 spiro atoms. The third kappa shape index (κ3) is 5.92. The molecule has 0 unspecified atom stereocenters. The maximum atomic E-state index is 13.8. The largest absolute Gasteiger partial charge is 0.619 e. The predicted octanol–water partition coefficient (Wildman–Crippen LogP) is 6.42. The lowest BCUT2D eigenvalue weighted by Gasteiger charge is -2.32. The number of nitrogens with zero attached hydrogens (tertiary/aromatic N) is 2. The third-order valence-electron chi connectivity index (χ3n) is 7.46. The molecule has 3 aromatic rings. The van der Waals surface area contributed by atoms with Gasteiger partial charge in [-0.05, 0) is 66.4 Å². The number of rotatable bonds is 5. The Bertz CT molecular complexity index is 1450. The average molecular weight is 581 g/mol. The molecule has 1 amide bonds. The fourth-order valence-corrected chi connectivity index (χ4v) is 5.54.